The average molecular weight is 295 g/mol. The molecule has 2 heterocycles. The molecule has 112 valence electrons. The smallest absolute Gasteiger partial charge is 0.330 e. The molecule has 9 heteroatoms. The predicted octanol–water partition coefficient (Wildman–Crippen LogP) is 0.833. The number of hydrogen-bond acceptors (Lipinski definition) is 4. The molecule has 0 unspecified atom stereocenters. The van der Waals surface area contributed by atoms with Crippen LogP contribution in [0.4, 0.5) is 17.6 Å². The molecule has 1 aromatic heterocycles. The lowest BCUT2D eigenvalue weighted by Crippen LogP contribution is -2.33. The van der Waals surface area contributed by atoms with Crippen molar-refractivity contribution >= 4 is 0 Å². The summed E-state index contributed by atoms with van der Waals surface area (Å²) in [5.74, 6) is -4.17. The van der Waals surface area contributed by atoms with Crippen molar-refractivity contribution < 1.29 is 22.3 Å². The highest BCUT2D eigenvalue weighted by molar-refractivity contribution is 5.20. The van der Waals surface area contributed by atoms with Gasteiger partial charge in [0.1, 0.15) is 19.0 Å². The lowest BCUT2D eigenvalue weighted by atomic mass is 10.1. The van der Waals surface area contributed by atoms with Gasteiger partial charge in [0.15, 0.2) is 0 Å². The summed E-state index contributed by atoms with van der Waals surface area (Å²) in [6, 6.07) is 0. The van der Waals surface area contributed by atoms with Crippen molar-refractivity contribution in [2.75, 3.05) is 13.2 Å². The molecule has 0 fully saturated rings. The van der Waals surface area contributed by atoms with Gasteiger partial charge < -0.3 is 15.0 Å². The van der Waals surface area contributed by atoms with Gasteiger partial charge in [-0.05, 0) is 13.0 Å². The minimum absolute atomic E-state index is 0.0440. The van der Waals surface area contributed by atoms with Gasteiger partial charge in [0, 0.05) is 12.1 Å². The Kier molecular flexibility index (Phi) is 4.39. The van der Waals surface area contributed by atoms with Crippen LogP contribution in [-0.2, 0) is 24.3 Å². The summed E-state index contributed by atoms with van der Waals surface area (Å²) in [4.78, 5) is 18.2. The normalized spacial score (nSPS) is 15.4. The molecule has 0 spiro atoms. The van der Waals surface area contributed by atoms with E-state index in [1.165, 1.54) is 0 Å². The third-order valence-corrected chi connectivity index (χ3v) is 2.85. The van der Waals surface area contributed by atoms with E-state index < -0.39 is 25.6 Å². The van der Waals surface area contributed by atoms with Crippen molar-refractivity contribution in [2.45, 2.75) is 31.9 Å². The standard InChI is InChI=1S/C11H13F4N3O2/c12-10(13)11(14,15)5-20-4-8-17-7-3-16-2-1-6(7)9(19)18-8/h10,16H,1-5H2,(H,17,18,19). The van der Waals surface area contributed by atoms with Crippen molar-refractivity contribution in [3.8, 4) is 0 Å². The number of H-pyrrole nitrogens is 1. The summed E-state index contributed by atoms with van der Waals surface area (Å²) in [6.45, 7) is -0.817. The molecule has 0 aromatic carbocycles. The van der Waals surface area contributed by atoms with Gasteiger partial charge in [-0.2, -0.15) is 8.78 Å². The third kappa shape index (κ3) is 3.34. The summed E-state index contributed by atoms with van der Waals surface area (Å²) in [6.07, 6.45) is -3.26. The lowest BCUT2D eigenvalue weighted by Gasteiger charge is -2.17. The van der Waals surface area contributed by atoms with E-state index in [2.05, 4.69) is 20.0 Å². The second-order valence-electron chi connectivity index (χ2n) is 4.42. The van der Waals surface area contributed by atoms with Crippen LogP contribution in [0, 0.1) is 0 Å². The molecule has 1 aliphatic rings. The molecule has 0 aliphatic carbocycles. The summed E-state index contributed by atoms with van der Waals surface area (Å²) in [5.41, 5.74) is 0.723. The van der Waals surface area contributed by atoms with Crippen LogP contribution in [0.3, 0.4) is 0 Å². The van der Waals surface area contributed by atoms with E-state index in [0.717, 1.165) is 0 Å². The summed E-state index contributed by atoms with van der Waals surface area (Å²) in [5, 5.41) is 3.02. The largest absolute Gasteiger partial charge is 0.367 e. The van der Waals surface area contributed by atoms with Crippen molar-refractivity contribution in [1.82, 2.24) is 15.3 Å². The number of aromatic amines is 1. The number of nitrogens with one attached hydrogen (secondary N) is 2. The zero-order chi connectivity index (χ0) is 14.8. The van der Waals surface area contributed by atoms with Crippen LogP contribution in [0.1, 0.15) is 17.1 Å². The van der Waals surface area contributed by atoms with Crippen LogP contribution in [0.2, 0.25) is 0 Å². The summed E-state index contributed by atoms with van der Waals surface area (Å²) >= 11 is 0. The maximum atomic E-state index is 12.6. The van der Waals surface area contributed by atoms with Gasteiger partial charge in [-0.3, -0.25) is 4.79 Å². The Morgan fingerprint density at radius 1 is 1.40 bits per heavy atom. The van der Waals surface area contributed by atoms with Gasteiger partial charge in [0.2, 0.25) is 0 Å². The number of halogens is 4. The second-order valence-corrected chi connectivity index (χ2v) is 4.42. The number of rotatable bonds is 5. The van der Waals surface area contributed by atoms with Crippen LogP contribution in [0.15, 0.2) is 4.79 Å². The van der Waals surface area contributed by atoms with Crippen LogP contribution in [0.5, 0.6) is 0 Å². The fourth-order valence-electron chi connectivity index (χ4n) is 1.84. The number of fused-ring (bicyclic) bond motifs is 1. The average Bonchev–Trinajstić information content (AvgIpc) is 2.38. The topological polar surface area (TPSA) is 67.0 Å². The Bertz CT molecular complexity index is 533. The van der Waals surface area contributed by atoms with E-state index in [-0.39, 0.29) is 11.4 Å². The number of hydrogen-bond donors (Lipinski definition) is 2. The molecule has 0 bridgehead atoms. The molecule has 20 heavy (non-hydrogen) atoms. The summed E-state index contributed by atoms with van der Waals surface area (Å²) in [7, 11) is 0. The molecule has 2 N–H and O–H groups in total. The van der Waals surface area contributed by atoms with Gasteiger partial charge in [0.05, 0.1) is 5.69 Å². The van der Waals surface area contributed by atoms with Crippen molar-refractivity contribution in [3.05, 3.63) is 27.4 Å². The van der Waals surface area contributed by atoms with Gasteiger partial charge in [-0.15, -0.1) is 0 Å². The van der Waals surface area contributed by atoms with Crippen LogP contribution in [0.25, 0.3) is 0 Å². The Labute approximate surface area is 111 Å². The van der Waals surface area contributed by atoms with E-state index in [0.29, 0.717) is 30.8 Å². The molecular formula is C11H13F4N3O2. The van der Waals surface area contributed by atoms with Crippen LogP contribution < -0.4 is 10.9 Å². The molecule has 0 saturated heterocycles. The first-order chi connectivity index (χ1) is 9.40. The lowest BCUT2D eigenvalue weighted by molar-refractivity contribution is -0.168. The van der Waals surface area contributed by atoms with Gasteiger partial charge in [-0.25, -0.2) is 13.8 Å². The van der Waals surface area contributed by atoms with E-state index >= 15 is 0 Å². The number of ether oxygens (including phenoxy) is 1. The fraction of sp³-hybridized carbons (Fsp3) is 0.636. The zero-order valence-electron chi connectivity index (χ0n) is 10.4. The first-order valence-corrected chi connectivity index (χ1v) is 5.95. The molecular weight excluding hydrogens is 282 g/mol. The quantitative estimate of drug-likeness (QED) is 0.790. The van der Waals surface area contributed by atoms with Crippen LogP contribution >= 0.6 is 0 Å². The zero-order valence-corrected chi connectivity index (χ0v) is 10.4. The first-order valence-electron chi connectivity index (χ1n) is 5.95. The maximum Gasteiger partial charge on any atom is 0.330 e. The maximum absolute atomic E-state index is 12.6. The van der Waals surface area contributed by atoms with Crippen molar-refractivity contribution in [2.24, 2.45) is 0 Å². The molecule has 0 radical (unpaired) electrons. The second kappa shape index (κ2) is 5.88. The Morgan fingerprint density at radius 3 is 2.85 bits per heavy atom. The Balaban J connectivity index is 2.01. The highest BCUT2D eigenvalue weighted by atomic mass is 19.3. The number of nitrogens with zero attached hydrogens (tertiary/aromatic N) is 1. The summed E-state index contributed by atoms with van der Waals surface area (Å²) < 4.78 is 53.6. The molecule has 2 rings (SSSR count). The fourth-order valence-corrected chi connectivity index (χ4v) is 1.84. The van der Waals surface area contributed by atoms with E-state index in [9.17, 15) is 22.4 Å². The molecule has 1 aromatic rings. The number of alkyl halides is 4. The van der Waals surface area contributed by atoms with Crippen molar-refractivity contribution in [1.29, 1.82) is 0 Å². The predicted molar refractivity (Wildman–Crippen MR) is 60.9 cm³/mol. The molecule has 5 nitrogen and oxygen atoms in total. The molecule has 0 saturated carbocycles. The minimum Gasteiger partial charge on any atom is -0.367 e. The molecule has 1 aliphatic heterocycles. The Hall–Kier alpha value is -1.48. The van der Waals surface area contributed by atoms with Gasteiger partial charge >= 0.3 is 12.3 Å². The molecule has 0 atom stereocenters. The third-order valence-electron chi connectivity index (χ3n) is 2.85. The van der Waals surface area contributed by atoms with Gasteiger partial charge in [-0.1, -0.05) is 0 Å². The van der Waals surface area contributed by atoms with Crippen LogP contribution in [-0.4, -0.2) is 35.5 Å². The van der Waals surface area contributed by atoms with E-state index in [1.54, 1.807) is 0 Å². The minimum atomic E-state index is -4.21. The SMILES string of the molecule is O=c1[nH]c(COCC(F)(F)C(F)F)nc2c1CCNC2. The monoisotopic (exact) mass is 295 g/mol. The van der Waals surface area contributed by atoms with Gasteiger partial charge in [0.25, 0.3) is 5.56 Å². The van der Waals surface area contributed by atoms with Crippen molar-refractivity contribution in [3.63, 3.8) is 0 Å². The highest BCUT2D eigenvalue weighted by Gasteiger charge is 2.41. The Morgan fingerprint density at radius 2 is 2.15 bits per heavy atom. The van der Waals surface area contributed by atoms with E-state index in [1.807, 2.05) is 0 Å². The highest BCUT2D eigenvalue weighted by Crippen LogP contribution is 2.23. The number of aromatic nitrogens is 2. The first kappa shape index (κ1) is 14.9. The molecule has 0 amide bonds. The van der Waals surface area contributed by atoms with E-state index in [4.69, 9.17) is 0 Å².